The van der Waals surface area contributed by atoms with Gasteiger partial charge in [0, 0.05) is 38.5 Å². The quantitative estimate of drug-likeness (QED) is 0.0650. The van der Waals surface area contributed by atoms with E-state index in [1.807, 2.05) is 0 Å². The van der Waals surface area contributed by atoms with Crippen LogP contribution < -0.4 is 16.4 Å². The molecule has 0 aromatic heterocycles. The Morgan fingerprint density at radius 2 is 1.37 bits per heavy atom. The van der Waals surface area contributed by atoms with Crippen LogP contribution in [0.1, 0.15) is 6.42 Å². The standard InChI is InChI=1S/C22H45N3O10/c23-1-4-29-7-10-32-15-19(17-34-12-9-31-6-3-25-22(27)28)16-33-11-8-30-5-2-24-14-20(26)13-21-18-35-21/h19-21,24-26H,1-18,23H2,(H,27,28). The summed E-state index contributed by atoms with van der Waals surface area (Å²) in [7, 11) is 0. The maximum absolute atomic E-state index is 10.4. The fourth-order valence-corrected chi connectivity index (χ4v) is 2.87. The van der Waals surface area contributed by atoms with E-state index in [0.717, 1.165) is 6.61 Å². The molecule has 1 heterocycles. The van der Waals surface area contributed by atoms with Crippen LogP contribution in [-0.4, -0.2) is 141 Å². The highest BCUT2D eigenvalue weighted by molar-refractivity contribution is 5.64. The van der Waals surface area contributed by atoms with Gasteiger partial charge in [0.1, 0.15) is 0 Å². The van der Waals surface area contributed by atoms with Crippen LogP contribution >= 0.6 is 0 Å². The van der Waals surface area contributed by atoms with Gasteiger partial charge in [0.05, 0.1) is 98.1 Å². The zero-order valence-electron chi connectivity index (χ0n) is 20.7. The Labute approximate surface area is 207 Å². The average molecular weight is 512 g/mol. The van der Waals surface area contributed by atoms with E-state index >= 15 is 0 Å². The molecule has 13 nitrogen and oxygen atoms in total. The number of hydrogen-bond donors (Lipinski definition) is 5. The number of amides is 1. The highest BCUT2D eigenvalue weighted by Gasteiger charge is 2.25. The third-order valence-electron chi connectivity index (χ3n) is 4.70. The van der Waals surface area contributed by atoms with Gasteiger partial charge in [-0.15, -0.1) is 0 Å². The summed E-state index contributed by atoms with van der Waals surface area (Å²) in [6.07, 6.45) is -0.558. The minimum absolute atomic E-state index is 0.0387. The van der Waals surface area contributed by atoms with E-state index < -0.39 is 6.09 Å². The first-order valence-electron chi connectivity index (χ1n) is 12.3. The molecule has 0 aromatic carbocycles. The third-order valence-corrected chi connectivity index (χ3v) is 4.70. The Hall–Kier alpha value is -1.13. The molecule has 0 aromatic rings. The lowest BCUT2D eigenvalue weighted by Gasteiger charge is -2.18. The predicted octanol–water partition coefficient (Wildman–Crippen LogP) is -1.33. The first-order chi connectivity index (χ1) is 17.1. The van der Waals surface area contributed by atoms with Crippen molar-refractivity contribution in [2.24, 2.45) is 11.7 Å². The lowest BCUT2D eigenvalue weighted by molar-refractivity contribution is -0.0363. The maximum atomic E-state index is 10.4. The van der Waals surface area contributed by atoms with E-state index in [1.165, 1.54) is 0 Å². The number of epoxide rings is 1. The summed E-state index contributed by atoms with van der Waals surface area (Å²) in [6.45, 7) is 8.01. The zero-order chi connectivity index (χ0) is 25.4. The lowest BCUT2D eigenvalue weighted by atomic mass is 10.2. The highest BCUT2D eigenvalue weighted by Crippen LogP contribution is 2.14. The second kappa shape index (κ2) is 23.3. The smallest absolute Gasteiger partial charge is 0.404 e. The minimum atomic E-state index is -1.07. The molecule has 208 valence electrons. The van der Waals surface area contributed by atoms with Gasteiger partial charge in [-0.2, -0.15) is 0 Å². The molecular weight excluding hydrogens is 466 g/mol. The predicted molar refractivity (Wildman–Crippen MR) is 127 cm³/mol. The van der Waals surface area contributed by atoms with Crippen molar-refractivity contribution in [2.45, 2.75) is 18.6 Å². The summed E-state index contributed by atoms with van der Waals surface area (Å²) in [5, 5.41) is 23.7. The number of hydrogen-bond acceptors (Lipinski definition) is 11. The van der Waals surface area contributed by atoms with Gasteiger partial charge in [0.2, 0.25) is 0 Å². The first-order valence-corrected chi connectivity index (χ1v) is 12.3. The molecule has 1 saturated heterocycles. The van der Waals surface area contributed by atoms with Crippen LogP contribution in [0.15, 0.2) is 0 Å². The Balaban J connectivity index is 2.03. The Morgan fingerprint density at radius 3 is 1.89 bits per heavy atom. The molecular formula is C22H45N3O10. The first kappa shape index (κ1) is 31.9. The van der Waals surface area contributed by atoms with Crippen molar-refractivity contribution >= 4 is 6.09 Å². The van der Waals surface area contributed by atoms with Crippen molar-refractivity contribution in [1.82, 2.24) is 10.6 Å². The Bertz CT molecular complexity index is 488. The normalized spacial score (nSPS) is 16.8. The van der Waals surface area contributed by atoms with Crippen LogP contribution in [0.4, 0.5) is 4.79 Å². The zero-order valence-corrected chi connectivity index (χ0v) is 20.7. The number of ether oxygens (including phenoxy) is 7. The third kappa shape index (κ3) is 23.0. The van der Waals surface area contributed by atoms with Gasteiger partial charge >= 0.3 is 6.09 Å². The molecule has 1 aliphatic rings. The summed E-state index contributed by atoms with van der Waals surface area (Å²) in [5.74, 6) is 0.0387. The number of carbonyl (C=O) groups is 1. The van der Waals surface area contributed by atoms with Crippen molar-refractivity contribution in [2.75, 3.05) is 112 Å². The number of aliphatic hydroxyl groups excluding tert-OH is 1. The fraction of sp³-hybridized carbons (Fsp3) is 0.955. The maximum Gasteiger partial charge on any atom is 0.404 e. The van der Waals surface area contributed by atoms with Crippen LogP contribution in [-0.2, 0) is 33.2 Å². The Kier molecular flexibility index (Phi) is 21.2. The van der Waals surface area contributed by atoms with E-state index in [4.69, 9.17) is 44.0 Å². The average Bonchev–Trinajstić information content (AvgIpc) is 3.64. The molecule has 13 heteroatoms. The van der Waals surface area contributed by atoms with E-state index in [1.54, 1.807) is 0 Å². The second-order valence-corrected chi connectivity index (χ2v) is 8.00. The van der Waals surface area contributed by atoms with Crippen molar-refractivity contribution in [3.05, 3.63) is 0 Å². The molecule has 1 rings (SSSR count). The molecule has 0 radical (unpaired) electrons. The lowest BCUT2D eigenvalue weighted by Crippen LogP contribution is -2.30. The SMILES string of the molecule is NCCOCCOCC(COCCOCCNCC(O)CC1CO1)COCCOCCNC(=O)O. The van der Waals surface area contributed by atoms with Gasteiger partial charge in [0.25, 0.3) is 0 Å². The van der Waals surface area contributed by atoms with E-state index in [-0.39, 0.29) is 24.7 Å². The van der Waals surface area contributed by atoms with E-state index in [2.05, 4.69) is 10.6 Å². The summed E-state index contributed by atoms with van der Waals surface area (Å²) < 4.78 is 38.3. The Morgan fingerprint density at radius 1 is 0.857 bits per heavy atom. The molecule has 0 bridgehead atoms. The topological polar surface area (TPSA) is 176 Å². The molecule has 1 amide bonds. The summed E-state index contributed by atoms with van der Waals surface area (Å²) >= 11 is 0. The minimum Gasteiger partial charge on any atom is -0.465 e. The molecule has 6 N–H and O–H groups in total. The van der Waals surface area contributed by atoms with Gasteiger partial charge in [0.15, 0.2) is 0 Å². The summed E-state index contributed by atoms with van der Waals surface area (Å²) in [4.78, 5) is 10.4. The van der Waals surface area contributed by atoms with Crippen LogP contribution in [0.5, 0.6) is 0 Å². The highest BCUT2D eigenvalue weighted by atomic mass is 16.6. The van der Waals surface area contributed by atoms with Crippen molar-refractivity contribution in [3.63, 3.8) is 0 Å². The fourth-order valence-electron chi connectivity index (χ4n) is 2.87. The number of rotatable bonds is 27. The van der Waals surface area contributed by atoms with Crippen LogP contribution in [0.25, 0.3) is 0 Å². The van der Waals surface area contributed by atoms with Crippen LogP contribution in [0.2, 0.25) is 0 Å². The molecule has 0 saturated carbocycles. The molecule has 1 aliphatic heterocycles. The van der Waals surface area contributed by atoms with Crippen LogP contribution in [0.3, 0.4) is 0 Å². The largest absolute Gasteiger partial charge is 0.465 e. The van der Waals surface area contributed by atoms with E-state index in [0.29, 0.717) is 105 Å². The van der Waals surface area contributed by atoms with Crippen molar-refractivity contribution < 1.29 is 48.2 Å². The molecule has 3 atom stereocenters. The number of nitrogens with one attached hydrogen (secondary N) is 2. The number of carboxylic acid groups (broad SMARTS) is 1. The monoisotopic (exact) mass is 511 g/mol. The number of aliphatic hydroxyl groups is 1. The molecule has 1 fully saturated rings. The van der Waals surface area contributed by atoms with Gasteiger partial charge in [-0.25, -0.2) is 4.79 Å². The molecule has 35 heavy (non-hydrogen) atoms. The molecule has 0 spiro atoms. The van der Waals surface area contributed by atoms with Gasteiger partial charge in [-0.3, -0.25) is 0 Å². The van der Waals surface area contributed by atoms with Crippen molar-refractivity contribution in [1.29, 1.82) is 0 Å². The van der Waals surface area contributed by atoms with E-state index in [9.17, 15) is 9.90 Å². The summed E-state index contributed by atoms with van der Waals surface area (Å²) in [6, 6.07) is 0. The second-order valence-electron chi connectivity index (χ2n) is 8.00. The number of nitrogens with two attached hydrogens (primary N) is 1. The molecule has 0 aliphatic carbocycles. The van der Waals surface area contributed by atoms with Gasteiger partial charge in [-0.05, 0) is 0 Å². The molecule has 3 unspecified atom stereocenters. The van der Waals surface area contributed by atoms with Gasteiger partial charge < -0.3 is 59.7 Å². The van der Waals surface area contributed by atoms with Gasteiger partial charge in [-0.1, -0.05) is 0 Å². The van der Waals surface area contributed by atoms with Crippen molar-refractivity contribution in [3.8, 4) is 0 Å². The van der Waals surface area contributed by atoms with Crippen LogP contribution in [0, 0.1) is 5.92 Å². The summed E-state index contributed by atoms with van der Waals surface area (Å²) in [5.41, 5.74) is 5.39.